The lowest BCUT2D eigenvalue weighted by molar-refractivity contribution is -0.926. The third kappa shape index (κ3) is 4.16. The van der Waals surface area contributed by atoms with Crippen molar-refractivity contribution in [1.82, 2.24) is 0 Å². The number of carbonyl (C=O) groups excluding carboxylic acids is 1. The van der Waals surface area contributed by atoms with Crippen LogP contribution in [0.2, 0.25) is 5.02 Å². The maximum absolute atomic E-state index is 13.0. The molecule has 1 aliphatic rings. The summed E-state index contributed by atoms with van der Waals surface area (Å²) in [5.41, 5.74) is 3.03. The molecule has 1 amide bonds. The van der Waals surface area contributed by atoms with E-state index >= 15 is 0 Å². The fraction of sp³-hybridized carbons (Fsp3) is 0.350. The average molecular weight is 344 g/mol. The zero-order chi connectivity index (χ0) is 16.9. The average Bonchev–Trinajstić information content (AvgIpc) is 2.58. The molecule has 0 bridgehead atoms. The number of hydrogen-bond acceptors (Lipinski definition) is 1. The first kappa shape index (κ1) is 17.0. The lowest BCUT2D eigenvalue weighted by Crippen LogP contribution is -3.14. The van der Waals surface area contributed by atoms with Gasteiger partial charge in [0.15, 0.2) is 6.04 Å². The van der Waals surface area contributed by atoms with Crippen LogP contribution in [0, 0.1) is 6.92 Å². The van der Waals surface area contributed by atoms with E-state index in [1.54, 1.807) is 0 Å². The van der Waals surface area contributed by atoms with Gasteiger partial charge in [0.2, 0.25) is 0 Å². The minimum atomic E-state index is -0.192. The maximum atomic E-state index is 13.0. The molecule has 2 aromatic carbocycles. The Labute approximate surface area is 148 Å². The van der Waals surface area contributed by atoms with Crippen LogP contribution in [-0.4, -0.2) is 19.0 Å². The van der Waals surface area contributed by atoms with Crippen molar-refractivity contribution in [2.24, 2.45) is 0 Å². The molecule has 1 fully saturated rings. The summed E-state index contributed by atoms with van der Waals surface area (Å²) in [4.78, 5) is 14.4. The molecule has 0 aliphatic carbocycles. The first-order chi connectivity index (χ1) is 11.6. The van der Waals surface area contributed by atoms with Gasteiger partial charge in [0.25, 0.3) is 5.91 Å². The van der Waals surface area contributed by atoms with E-state index in [0.717, 1.165) is 29.9 Å². The van der Waals surface area contributed by atoms with Crippen molar-refractivity contribution in [1.29, 1.82) is 0 Å². The van der Waals surface area contributed by atoms with E-state index < -0.39 is 0 Å². The molecule has 3 nitrogen and oxygen atoms in total. The number of benzene rings is 2. The maximum Gasteiger partial charge on any atom is 0.287 e. The molecule has 0 unspecified atom stereocenters. The van der Waals surface area contributed by atoms with Crippen LogP contribution in [0.4, 0.5) is 5.69 Å². The monoisotopic (exact) mass is 343 g/mol. The molecule has 24 heavy (non-hydrogen) atoms. The summed E-state index contributed by atoms with van der Waals surface area (Å²) in [6.07, 6.45) is 3.62. The highest BCUT2D eigenvalue weighted by Crippen LogP contribution is 2.18. The quantitative estimate of drug-likeness (QED) is 0.876. The Balaban J connectivity index is 1.85. The van der Waals surface area contributed by atoms with Gasteiger partial charge in [-0.05, 0) is 56.0 Å². The molecule has 2 N–H and O–H groups in total. The van der Waals surface area contributed by atoms with Gasteiger partial charge in [-0.15, -0.1) is 0 Å². The number of likely N-dealkylation sites (tertiary alicyclic amines) is 1. The van der Waals surface area contributed by atoms with Crippen LogP contribution in [0.5, 0.6) is 0 Å². The van der Waals surface area contributed by atoms with Crippen LogP contribution in [0.15, 0.2) is 48.5 Å². The zero-order valence-corrected chi connectivity index (χ0v) is 14.8. The van der Waals surface area contributed by atoms with E-state index in [1.165, 1.54) is 24.2 Å². The van der Waals surface area contributed by atoms with E-state index in [2.05, 4.69) is 5.32 Å². The van der Waals surface area contributed by atoms with Crippen LogP contribution in [0.25, 0.3) is 0 Å². The van der Waals surface area contributed by atoms with Crippen LogP contribution >= 0.6 is 11.6 Å². The summed E-state index contributed by atoms with van der Waals surface area (Å²) in [5, 5.41) is 3.80. The number of rotatable bonds is 4. The Kier molecular flexibility index (Phi) is 5.54. The standard InChI is InChI=1S/C20H23ClN2O/c1-15-6-5-7-18(14-15)22-20(24)19(23-12-3-2-4-13-23)16-8-10-17(21)11-9-16/h5-11,14,19H,2-4,12-13H2,1H3,(H,22,24)/p+1/t19-/m0/s1. The van der Waals surface area contributed by atoms with E-state index in [0.29, 0.717) is 5.02 Å². The molecule has 0 spiro atoms. The third-order valence-electron chi connectivity index (χ3n) is 4.66. The Morgan fingerprint density at radius 1 is 1.08 bits per heavy atom. The van der Waals surface area contributed by atoms with Crippen molar-refractivity contribution in [2.75, 3.05) is 18.4 Å². The minimum absolute atomic E-state index is 0.0554. The van der Waals surface area contributed by atoms with Gasteiger partial charge in [0.05, 0.1) is 13.1 Å². The number of nitrogens with one attached hydrogen (secondary N) is 2. The van der Waals surface area contributed by atoms with Gasteiger partial charge in [-0.2, -0.15) is 0 Å². The third-order valence-corrected chi connectivity index (χ3v) is 4.91. The summed E-state index contributed by atoms with van der Waals surface area (Å²) in [5.74, 6) is 0.0554. The summed E-state index contributed by atoms with van der Waals surface area (Å²) in [6, 6.07) is 15.4. The second kappa shape index (κ2) is 7.82. The van der Waals surface area contributed by atoms with Crippen molar-refractivity contribution in [2.45, 2.75) is 32.2 Å². The number of anilines is 1. The van der Waals surface area contributed by atoms with Crippen molar-refractivity contribution in [3.05, 3.63) is 64.7 Å². The molecule has 1 atom stereocenters. The first-order valence-electron chi connectivity index (χ1n) is 8.61. The van der Waals surface area contributed by atoms with Crippen molar-refractivity contribution < 1.29 is 9.69 Å². The smallest absolute Gasteiger partial charge is 0.287 e. The number of halogens is 1. The Hall–Kier alpha value is -1.84. The molecule has 1 heterocycles. The van der Waals surface area contributed by atoms with Crippen LogP contribution in [0.3, 0.4) is 0 Å². The number of quaternary nitrogens is 1. The fourth-order valence-electron chi connectivity index (χ4n) is 3.46. The van der Waals surface area contributed by atoms with Crippen LogP contribution in [-0.2, 0) is 4.79 Å². The lowest BCUT2D eigenvalue weighted by Gasteiger charge is -2.31. The van der Waals surface area contributed by atoms with Crippen molar-refractivity contribution >= 4 is 23.2 Å². The number of amides is 1. The highest BCUT2D eigenvalue weighted by Gasteiger charge is 2.32. The van der Waals surface area contributed by atoms with Crippen molar-refractivity contribution in [3.63, 3.8) is 0 Å². The Bertz CT molecular complexity index is 693. The molecule has 126 valence electrons. The largest absolute Gasteiger partial charge is 0.321 e. The van der Waals surface area contributed by atoms with Crippen LogP contribution in [0.1, 0.15) is 36.4 Å². The molecule has 0 saturated carbocycles. The predicted octanol–water partition coefficient (Wildman–Crippen LogP) is 3.40. The van der Waals surface area contributed by atoms with Gasteiger partial charge in [-0.1, -0.05) is 35.9 Å². The second-order valence-corrected chi connectivity index (χ2v) is 7.00. The summed E-state index contributed by atoms with van der Waals surface area (Å²) < 4.78 is 0. The number of hydrogen-bond donors (Lipinski definition) is 2. The molecule has 0 radical (unpaired) electrons. The first-order valence-corrected chi connectivity index (χ1v) is 8.99. The molecule has 3 rings (SSSR count). The lowest BCUT2D eigenvalue weighted by atomic mass is 10.0. The molecular weight excluding hydrogens is 320 g/mol. The molecule has 1 aliphatic heterocycles. The summed E-state index contributed by atoms with van der Waals surface area (Å²) in [6.45, 7) is 4.10. The fourth-order valence-corrected chi connectivity index (χ4v) is 3.59. The Morgan fingerprint density at radius 2 is 1.79 bits per heavy atom. The van der Waals surface area contributed by atoms with Gasteiger partial charge >= 0.3 is 0 Å². The molecule has 4 heteroatoms. The van der Waals surface area contributed by atoms with E-state index in [9.17, 15) is 4.79 Å². The van der Waals surface area contributed by atoms with Gasteiger partial charge in [0, 0.05) is 16.3 Å². The van der Waals surface area contributed by atoms with Gasteiger partial charge in [-0.25, -0.2) is 0 Å². The number of carbonyl (C=O) groups is 1. The van der Waals surface area contributed by atoms with E-state index in [-0.39, 0.29) is 11.9 Å². The minimum Gasteiger partial charge on any atom is -0.321 e. The van der Waals surface area contributed by atoms with Gasteiger partial charge in [0.1, 0.15) is 0 Å². The summed E-state index contributed by atoms with van der Waals surface area (Å²) in [7, 11) is 0. The molecular formula is C20H24ClN2O+. The van der Waals surface area contributed by atoms with Crippen molar-refractivity contribution in [3.8, 4) is 0 Å². The van der Waals surface area contributed by atoms with Gasteiger partial charge in [-0.3, -0.25) is 4.79 Å². The molecule has 0 aromatic heterocycles. The zero-order valence-electron chi connectivity index (χ0n) is 14.0. The second-order valence-electron chi connectivity index (χ2n) is 6.56. The van der Waals surface area contributed by atoms with E-state index in [4.69, 9.17) is 11.6 Å². The predicted molar refractivity (Wildman–Crippen MR) is 98.5 cm³/mol. The Morgan fingerprint density at radius 3 is 2.46 bits per heavy atom. The number of piperidine rings is 1. The SMILES string of the molecule is Cc1cccc(NC(=O)[C@H](c2ccc(Cl)cc2)[NH+]2CCCCC2)c1. The molecule has 2 aromatic rings. The topological polar surface area (TPSA) is 33.5 Å². The number of aryl methyl sites for hydroxylation is 1. The highest BCUT2D eigenvalue weighted by atomic mass is 35.5. The van der Waals surface area contributed by atoms with Crippen LogP contribution < -0.4 is 10.2 Å². The highest BCUT2D eigenvalue weighted by molar-refractivity contribution is 6.30. The molecule has 1 saturated heterocycles. The normalized spacial score (nSPS) is 16.6. The summed E-state index contributed by atoms with van der Waals surface area (Å²) >= 11 is 6.02. The van der Waals surface area contributed by atoms with Gasteiger partial charge < -0.3 is 10.2 Å². The van der Waals surface area contributed by atoms with E-state index in [1.807, 2.05) is 55.5 Å².